The third-order valence-corrected chi connectivity index (χ3v) is 18.1. The molecule has 4 heterocycles. The third-order valence-electron chi connectivity index (χ3n) is 15.5. The third kappa shape index (κ3) is 20.4. The first kappa shape index (κ1) is 75.0. The highest BCUT2D eigenvalue weighted by atomic mass is 31.2. The van der Waals surface area contributed by atoms with E-state index in [0.29, 0.717) is 28.2 Å². The van der Waals surface area contributed by atoms with Crippen LogP contribution in [0.2, 0.25) is 0 Å². The van der Waals surface area contributed by atoms with E-state index >= 15 is 4.57 Å². The molecule has 8 rings (SSSR count). The highest BCUT2D eigenvalue weighted by Gasteiger charge is 2.52. The van der Waals surface area contributed by atoms with Crippen molar-refractivity contribution in [3.63, 3.8) is 0 Å². The number of nitrogens with zero attached hydrogens (tertiary/aromatic N) is 5. The number of carbonyl (C=O) groups excluding carboxylic acids is 5. The Bertz CT molecular complexity index is 3460. The van der Waals surface area contributed by atoms with E-state index in [0.717, 1.165) is 30.5 Å². The Morgan fingerprint density at radius 2 is 1.16 bits per heavy atom. The van der Waals surface area contributed by atoms with E-state index in [2.05, 4.69) is 25.6 Å². The van der Waals surface area contributed by atoms with Crippen LogP contribution in [0.5, 0.6) is 11.5 Å². The van der Waals surface area contributed by atoms with Crippen molar-refractivity contribution in [2.24, 2.45) is 0 Å². The highest BCUT2D eigenvalue weighted by Crippen LogP contribution is 2.57. The number of amides is 2. The van der Waals surface area contributed by atoms with E-state index in [-0.39, 0.29) is 110 Å². The average Bonchev–Trinajstić information content (AvgIpc) is 1.73. The van der Waals surface area contributed by atoms with Gasteiger partial charge in [0, 0.05) is 51.8 Å². The van der Waals surface area contributed by atoms with Crippen molar-refractivity contribution in [1.82, 2.24) is 29.5 Å². The number of esters is 3. The second-order valence-corrected chi connectivity index (χ2v) is 25.0. The smallest absolute Gasteiger partial charge is 0.409 e. The molecule has 97 heavy (non-hydrogen) atoms. The summed E-state index contributed by atoms with van der Waals surface area (Å²) < 4.78 is 109. The van der Waals surface area contributed by atoms with Gasteiger partial charge in [-0.15, -0.1) is 0 Å². The molecule has 2 aliphatic rings. The van der Waals surface area contributed by atoms with Crippen LogP contribution in [0.15, 0.2) is 122 Å². The van der Waals surface area contributed by atoms with Gasteiger partial charge in [0.15, 0.2) is 35.5 Å². The van der Waals surface area contributed by atoms with Crippen molar-refractivity contribution in [3.05, 3.63) is 144 Å². The zero-order valence-electron chi connectivity index (χ0n) is 56.3. The fourth-order valence-corrected chi connectivity index (χ4v) is 13.8. The normalized spacial score (nSPS) is 20.1. The molecule has 2 aliphatic heterocycles. The molecular weight excluding hydrogens is 1280 g/mol. The molecule has 9 atom stereocenters. The summed E-state index contributed by atoms with van der Waals surface area (Å²) in [6.07, 6.45) is -4.48. The zero-order chi connectivity index (χ0) is 69.5. The minimum Gasteiger partial charge on any atom is -0.497 e. The number of benzene rings is 4. The SMILES string of the molecule is COc1ccc(C(OC[C@H]2O[C@@H](n3cnc4c(NC(=O)c5ccccc5)ncnc43)C[C@@H]2OP(=O)(OCCOCCOCCOCCOCCO[C@@H]2O[C@H](COC(C)=O)[C@H](OC(C)=O)[C@H](OC(C)=O)[C@H]2NC(C)=O)N(C(C)C)C(C)C)(c2ccccc2)c2ccc(OC)cc2)cc1. The summed E-state index contributed by atoms with van der Waals surface area (Å²) in [5, 5.41) is 5.53. The van der Waals surface area contributed by atoms with Crippen LogP contribution in [-0.4, -0.2) is 202 Å². The predicted molar refractivity (Wildman–Crippen MR) is 350 cm³/mol. The molecule has 2 fully saturated rings. The lowest BCUT2D eigenvalue weighted by Gasteiger charge is -2.44. The molecule has 6 aromatic rings. The van der Waals surface area contributed by atoms with E-state index < -0.39 is 86.2 Å². The van der Waals surface area contributed by atoms with Crippen LogP contribution in [0.4, 0.5) is 5.82 Å². The van der Waals surface area contributed by atoms with Crippen LogP contribution in [0.3, 0.4) is 0 Å². The molecule has 526 valence electrons. The van der Waals surface area contributed by atoms with E-state index in [1.165, 1.54) is 20.2 Å². The number of nitrogens with one attached hydrogen (secondary N) is 2. The molecule has 1 unspecified atom stereocenters. The number of hydrogen-bond donors (Lipinski definition) is 2. The number of anilines is 1. The first-order chi connectivity index (χ1) is 46.7. The number of rotatable bonds is 38. The minimum atomic E-state index is -4.24. The van der Waals surface area contributed by atoms with Crippen LogP contribution in [0, 0.1) is 0 Å². The Morgan fingerprint density at radius 3 is 1.70 bits per heavy atom. The van der Waals surface area contributed by atoms with Crippen molar-refractivity contribution in [1.29, 1.82) is 0 Å². The molecule has 0 bridgehead atoms. The molecule has 0 radical (unpaired) electrons. The summed E-state index contributed by atoms with van der Waals surface area (Å²) in [4.78, 5) is 75.2. The van der Waals surface area contributed by atoms with Crippen LogP contribution >= 0.6 is 7.75 Å². The van der Waals surface area contributed by atoms with Gasteiger partial charge >= 0.3 is 25.7 Å². The van der Waals surface area contributed by atoms with Gasteiger partial charge in [-0.25, -0.2) is 24.2 Å². The Labute approximate surface area is 564 Å². The molecule has 28 nitrogen and oxygen atoms in total. The summed E-state index contributed by atoms with van der Waals surface area (Å²) >= 11 is 0. The minimum absolute atomic E-state index is 0.0389. The van der Waals surface area contributed by atoms with Gasteiger partial charge in [-0.2, -0.15) is 0 Å². The van der Waals surface area contributed by atoms with Gasteiger partial charge in [0.25, 0.3) is 5.91 Å². The Balaban J connectivity index is 0.893. The van der Waals surface area contributed by atoms with Crippen LogP contribution < -0.4 is 20.1 Å². The lowest BCUT2D eigenvalue weighted by molar-refractivity contribution is -0.279. The van der Waals surface area contributed by atoms with Crippen molar-refractivity contribution < 1.29 is 99.2 Å². The number of ether oxygens (including phenoxy) is 13. The van der Waals surface area contributed by atoms with E-state index in [9.17, 15) is 24.0 Å². The standard InChI is InChI=1S/C68H88N7O21P/c1-44(2)75(45(3)4)97(81,91-38-36-87-34-32-85-30-29-84-31-33-86-35-37-88-67-60(72-46(5)76)63(93-49(8)79)62(92-48(7)78)58(95-67)40-89-47(6)77)96-56-39-59(74-43-71-61-64(69-42-70-65(61)74)73-66(80)50-17-13-11-14-18-50)94-57(56)41-90-68(51-19-15-12-16-20-51,52-21-25-54(82-9)26-22-52)53-23-27-55(83-10)28-24-53/h11-28,42-45,56-60,62-63,67H,29-41H2,1-10H3,(H,72,76)(H,69,70,73,80)/t56-,57+,58+,59+,60+,62-,63+,67+,97?/m0/s1. The zero-order valence-corrected chi connectivity index (χ0v) is 57.2. The average molecular weight is 1370 g/mol. The van der Waals surface area contributed by atoms with Gasteiger partial charge in [-0.1, -0.05) is 72.8 Å². The van der Waals surface area contributed by atoms with Gasteiger partial charge in [0.2, 0.25) is 5.91 Å². The Morgan fingerprint density at radius 1 is 0.629 bits per heavy atom. The molecule has 2 aromatic heterocycles. The lowest BCUT2D eigenvalue weighted by atomic mass is 9.80. The van der Waals surface area contributed by atoms with Crippen LogP contribution in [0.1, 0.15) is 95.1 Å². The largest absolute Gasteiger partial charge is 0.497 e. The lowest BCUT2D eigenvalue weighted by Crippen LogP contribution is -2.66. The highest BCUT2D eigenvalue weighted by molar-refractivity contribution is 7.51. The predicted octanol–water partition coefficient (Wildman–Crippen LogP) is 7.76. The maximum Gasteiger partial charge on any atom is 0.409 e. The first-order valence-electron chi connectivity index (χ1n) is 32.0. The monoisotopic (exact) mass is 1370 g/mol. The van der Waals surface area contributed by atoms with Gasteiger partial charge in [-0.05, 0) is 80.8 Å². The molecule has 4 aromatic carbocycles. The second-order valence-electron chi connectivity index (χ2n) is 23.1. The fourth-order valence-electron chi connectivity index (χ4n) is 11.5. The number of aromatic nitrogens is 4. The van der Waals surface area contributed by atoms with Crippen LogP contribution in [-0.2, 0) is 90.5 Å². The topological polar surface area (TPSA) is 312 Å². The van der Waals surface area contributed by atoms with Gasteiger partial charge in [-0.3, -0.25) is 37.6 Å². The first-order valence-corrected chi connectivity index (χ1v) is 33.5. The second kappa shape index (κ2) is 36.7. The molecule has 2 amide bonds. The Hall–Kier alpha value is -7.83. The van der Waals surface area contributed by atoms with Gasteiger partial charge in [0.1, 0.15) is 60.6 Å². The number of carbonyl (C=O) groups is 5. The van der Waals surface area contributed by atoms with Crippen molar-refractivity contribution in [3.8, 4) is 11.5 Å². The summed E-state index contributed by atoms with van der Waals surface area (Å²) in [6, 6.07) is 32.2. The van der Waals surface area contributed by atoms with E-state index in [1.54, 1.807) is 54.0 Å². The molecule has 0 spiro atoms. The van der Waals surface area contributed by atoms with Gasteiger partial charge < -0.3 is 72.2 Å². The van der Waals surface area contributed by atoms with E-state index in [4.69, 9.17) is 70.6 Å². The molecule has 2 N–H and O–H groups in total. The Kier molecular flexibility index (Phi) is 28.3. The van der Waals surface area contributed by atoms with Gasteiger partial charge in [0.05, 0.1) is 93.2 Å². The quantitative estimate of drug-likeness (QED) is 0.0123. The van der Waals surface area contributed by atoms with Crippen molar-refractivity contribution in [2.75, 3.05) is 98.8 Å². The molecule has 29 heteroatoms. The molecule has 0 saturated carbocycles. The fraction of sp³-hybridized carbons (Fsp3) is 0.500. The maximum atomic E-state index is 15.8. The number of imidazole rings is 1. The summed E-state index contributed by atoms with van der Waals surface area (Å²) in [5.41, 5.74) is 2.22. The van der Waals surface area contributed by atoms with Crippen molar-refractivity contribution in [2.45, 2.75) is 129 Å². The van der Waals surface area contributed by atoms with Crippen LogP contribution in [0.25, 0.3) is 11.2 Å². The maximum absolute atomic E-state index is 15.8. The van der Waals surface area contributed by atoms with Crippen molar-refractivity contribution >= 4 is 54.5 Å². The molecule has 0 aliphatic carbocycles. The summed E-state index contributed by atoms with van der Waals surface area (Å²) in [7, 11) is -1.03. The molecular formula is C68H88N7O21P. The summed E-state index contributed by atoms with van der Waals surface area (Å²) in [6.45, 7) is 13.2. The number of hydrogen-bond acceptors (Lipinski definition) is 24. The number of fused-ring (bicyclic) bond motifs is 1. The van der Waals surface area contributed by atoms with E-state index in [1.807, 2.05) is 113 Å². The summed E-state index contributed by atoms with van der Waals surface area (Å²) in [5.74, 6) is -1.45. The molecule has 2 saturated heterocycles. The number of methoxy groups -OCH3 is 2.